The first-order valence-electron chi connectivity index (χ1n) is 3.28. The maximum atomic E-state index is 8.97. The van der Waals surface area contributed by atoms with Gasteiger partial charge in [0.25, 0.3) is 0 Å². The van der Waals surface area contributed by atoms with Crippen molar-refractivity contribution in [1.82, 2.24) is 0 Å². The zero-order valence-corrected chi connectivity index (χ0v) is 7.40. The molecule has 0 aromatic carbocycles. The summed E-state index contributed by atoms with van der Waals surface area (Å²) in [6, 6.07) is 0. The Kier molecular flexibility index (Phi) is 3.25. The lowest BCUT2D eigenvalue weighted by molar-refractivity contribution is 0.149. The molecule has 0 amide bonds. The monoisotopic (exact) mass is 162 g/mol. The van der Waals surface area contributed by atoms with Gasteiger partial charge in [-0.05, 0) is 25.6 Å². The van der Waals surface area contributed by atoms with Crippen molar-refractivity contribution in [2.75, 3.05) is 0 Å². The predicted octanol–water partition coefficient (Wildman–Crippen LogP) is 1.67. The van der Waals surface area contributed by atoms with Gasteiger partial charge in [0.05, 0.1) is 6.10 Å². The molecule has 0 heterocycles. The standard InChI is InChI=1S/C7H14O2S/c1-5(8)4-7(2,3)6(9)10/h5,8H,4H2,1-3H3,(H,9,10). The van der Waals surface area contributed by atoms with Gasteiger partial charge in [0.2, 0.25) is 0 Å². The maximum absolute atomic E-state index is 8.97. The molecule has 0 saturated heterocycles. The van der Waals surface area contributed by atoms with Gasteiger partial charge in [-0.2, -0.15) is 0 Å². The van der Waals surface area contributed by atoms with Crippen molar-refractivity contribution in [3.63, 3.8) is 0 Å². The highest BCUT2D eigenvalue weighted by Gasteiger charge is 2.24. The molecule has 0 aromatic rings. The molecule has 1 atom stereocenters. The highest BCUT2D eigenvalue weighted by Crippen LogP contribution is 2.23. The van der Waals surface area contributed by atoms with Gasteiger partial charge in [-0.3, -0.25) is 0 Å². The van der Waals surface area contributed by atoms with Gasteiger partial charge >= 0.3 is 0 Å². The lowest BCUT2D eigenvalue weighted by Gasteiger charge is -2.22. The Morgan fingerprint density at radius 2 is 2.00 bits per heavy atom. The quantitative estimate of drug-likeness (QED) is 0.620. The van der Waals surface area contributed by atoms with E-state index in [-0.39, 0.29) is 5.05 Å². The minimum atomic E-state index is -0.441. The molecular formula is C7H14O2S. The first kappa shape index (κ1) is 9.85. The van der Waals surface area contributed by atoms with Crippen LogP contribution in [0.5, 0.6) is 0 Å². The summed E-state index contributed by atoms with van der Waals surface area (Å²) < 4.78 is 0. The van der Waals surface area contributed by atoms with Crippen LogP contribution in [0.4, 0.5) is 0 Å². The van der Waals surface area contributed by atoms with E-state index in [0.717, 1.165) is 0 Å². The van der Waals surface area contributed by atoms with Gasteiger partial charge in [-0.15, -0.1) is 0 Å². The van der Waals surface area contributed by atoms with Gasteiger partial charge in [0, 0.05) is 5.41 Å². The Bertz CT molecular complexity index is 130. The average Bonchev–Trinajstić information content (AvgIpc) is 1.60. The summed E-state index contributed by atoms with van der Waals surface area (Å²) in [6.45, 7) is 5.30. The van der Waals surface area contributed by atoms with Crippen LogP contribution in [0.15, 0.2) is 0 Å². The molecule has 0 aliphatic heterocycles. The zero-order chi connectivity index (χ0) is 8.36. The molecule has 0 aromatic heterocycles. The molecule has 60 valence electrons. The minimum absolute atomic E-state index is 0.0339. The van der Waals surface area contributed by atoms with E-state index in [9.17, 15) is 0 Å². The van der Waals surface area contributed by atoms with Crippen LogP contribution in [0.3, 0.4) is 0 Å². The molecule has 0 aliphatic carbocycles. The van der Waals surface area contributed by atoms with Crippen LogP contribution < -0.4 is 0 Å². The molecular weight excluding hydrogens is 148 g/mol. The van der Waals surface area contributed by atoms with Gasteiger partial charge < -0.3 is 10.2 Å². The zero-order valence-electron chi connectivity index (χ0n) is 6.59. The van der Waals surface area contributed by atoms with E-state index in [1.165, 1.54) is 0 Å². The molecule has 3 heteroatoms. The molecule has 0 aliphatic rings. The molecule has 0 radical (unpaired) electrons. The van der Waals surface area contributed by atoms with Crippen LogP contribution >= 0.6 is 12.2 Å². The minimum Gasteiger partial charge on any atom is -0.502 e. The lowest BCUT2D eigenvalue weighted by Crippen LogP contribution is -2.26. The van der Waals surface area contributed by atoms with Gasteiger partial charge in [-0.1, -0.05) is 13.8 Å². The second kappa shape index (κ2) is 3.30. The van der Waals surface area contributed by atoms with Crippen molar-refractivity contribution >= 4 is 17.3 Å². The van der Waals surface area contributed by atoms with Crippen LogP contribution in [0.1, 0.15) is 27.2 Å². The Hall–Kier alpha value is -0.150. The summed E-state index contributed by atoms with van der Waals surface area (Å²) in [4.78, 5) is 0. The maximum Gasteiger partial charge on any atom is 0.162 e. The van der Waals surface area contributed by atoms with Crippen LogP contribution in [-0.2, 0) is 0 Å². The van der Waals surface area contributed by atoms with E-state index in [1.807, 2.05) is 13.8 Å². The Morgan fingerprint density at radius 3 is 2.10 bits per heavy atom. The molecule has 0 spiro atoms. The first-order chi connectivity index (χ1) is 4.36. The summed E-state index contributed by atoms with van der Waals surface area (Å²) in [5, 5.41) is 17.9. The second-order valence-corrected chi connectivity index (χ2v) is 3.63. The fraction of sp³-hybridized carbons (Fsp3) is 0.857. The van der Waals surface area contributed by atoms with E-state index >= 15 is 0 Å². The Balaban J connectivity index is 4.00. The van der Waals surface area contributed by atoms with Crippen LogP contribution in [0.25, 0.3) is 0 Å². The van der Waals surface area contributed by atoms with Crippen molar-refractivity contribution in [2.24, 2.45) is 5.41 Å². The summed E-state index contributed by atoms with van der Waals surface area (Å²) >= 11 is 4.59. The molecule has 0 fully saturated rings. The summed E-state index contributed by atoms with van der Waals surface area (Å²) in [7, 11) is 0. The van der Waals surface area contributed by atoms with E-state index < -0.39 is 11.5 Å². The third-order valence-corrected chi connectivity index (χ3v) is 1.94. The normalized spacial score (nSPS) is 14.8. The topological polar surface area (TPSA) is 40.5 Å². The third kappa shape index (κ3) is 3.13. The van der Waals surface area contributed by atoms with E-state index in [1.54, 1.807) is 6.92 Å². The highest BCUT2D eigenvalue weighted by atomic mass is 32.1. The van der Waals surface area contributed by atoms with E-state index in [2.05, 4.69) is 12.2 Å². The van der Waals surface area contributed by atoms with E-state index in [0.29, 0.717) is 6.42 Å². The number of aliphatic hydroxyl groups is 2. The Morgan fingerprint density at radius 1 is 1.60 bits per heavy atom. The Labute approximate surface area is 66.9 Å². The van der Waals surface area contributed by atoms with Gasteiger partial charge in [0.1, 0.15) is 0 Å². The van der Waals surface area contributed by atoms with Crippen LogP contribution in [0, 0.1) is 5.41 Å². The SMILES string of the molecule is CC(O)CC(C)(C)C(O)=S. The van der Waals surface area contributed by atoms with Gasteiger partial charge in [0.15, 0.2) is 5.05 Å². The molecule has 0 saturated carbocycles. The van der Waals surface area contributed by atoms with Crippen LogP contribution in [-0.4, -0.2) is 21.4 Å². The second-order valence-electron chi connectivity index (χ2n) is 3.24. The van der Waals surface area contributed by atoms with Gasteiger partial charge in [-0.25, -0.2) is 0 Å². The number of hydrogen-bond acceptors (Lipinski definition) is 2. The third-order valence-electron chi connectivity index (χ3n) is 1.38. The predicted molar refractivity (Wildman–Crippen MR) is 45.3 cm³/mol. The molecule has 0 bridgehead atoms. The summed E-state index contributed by atoms with van der Waals surface area (Å²) in [5.41, 5.74) is -0.441. The lowest BCUT2D eigenvalue weighted by atomic mass is 9.88. The number of rotatable bonds is 3. The van der Waals surface area contributed by atoms with Crippen LogP contribution in [0.2, 0.25) is 0 Å². The fourth-order valence-corrected chi connectivity index (χ4v) is 0.909. The van der Waals surface area contributed by atoms with E-state index in [4.69, 9.17) is 10.2 Å². The number of aliphatic hydroxyl groups excluding tert-OH is 2. The highest BCUT2D eigenvalue weighted by molar-refractivity contribution is 7.80. The summed E-state index contributed by atoms with van der Waals surface area (Å²) in [5.74, 6) is 0. The average molecular weight is 162 g/mol. The number of hydrogen-bond donors (Lipinski definition) is 2. The number of thiocarbonyl (C=S) groups is 1. The van der Waals surface area contributed by atoms with Crippen molar-refractivity contribution in [3.8, 4) is 0 Å². The van der Waals surface area contributed by atoms with Crippen molar-refractivity contribution in [3.05, 3.63) is 0 Å². The smallest absolute Gasteiger partial charge is 0.162 e. The fourth-order valence-electron chi connectivity index (χ4n) is 0.826. The van der Waals surface area contributed by atoms with Crippen molar-refractivity contribution < 1.29 is 10.2 Å². The van der Waals surface area contributed by atoms with Crippen molar-refractivity contribution in [2.45, 2.75) is 33.3 Å². The molecule has 0 rings (SSSR count). The molecule has 10 heavy (non-hydrogen) atoms. The molecule has 2 N–H and O–H groups in total. The first-order valence-corrected chi connectivity index (χ1v) is 3.68. The molecule has 2 nitrogen and oxygen atoms in total. The van der Waals surface area contributed by atoms with Crippen molar-refractivity contribution in [1.29, 1.82) is 0 Å². The summed E-state index contributed by atoms with van der Waals surface area (Å²) in [6.07, 6.45) is 0.0857. The largest absolute Gasteiger partial charge is 0.502 e. The molecule has 1 unspecified atom stereocenters.